The Morgan fingerprint density at radius 3 is 2.40 bits per heavy atom. The number of aryl methyl sites for hydroxylation is 2. The molecule has 20 heavy (non-hydrogen) atoms. The summed E-state index contributed by atoms with van der Waals surface area (Å²) in [5, 5.41) is 1.33. The number of para-hydroxylation sites is 1. The zero-order valence-corrected chi connectivity index (χ0v) is 13.5. The molecule has 0 aliphatic rings. The van der Waals surface area contributed by atoms with E-state index in [4.69, 9.17) is 11.6 Å². The van der Waals surface area contributed by atoms with E-state index >= 15 is 0 Å². The van der Waals surface area contributed by atoms with Crippen molar-refractivity contribution in [1.82, 2.24) is 9.97 Å². The van der Waals surface area contributed by atoms with Crippen molar-refractivity contribution >= 4 is 38.4 Å². The van der Waals surface area contributed by atoms with Crippen molar-refractivity contribution in [2.45, 2.75) is 13.8 Å². The maximum absolute atomic E-state index is 6.29. The summed E-state index contributed by atoms with van der Waals surface area (Å²) in [5.74, 6) is 0.654. The van der Waals surface area contributed by atoms with Gasteiger partial charge in [-0.2, -0.15) is 0 Å². The number of hydrogen-bond donors (Lipinski definition) is 0. The Hall–Kier alpha value is -1.45. The summed E-state index contributed by atoms with van der Waals surface area (Å²) in [6.07, 6.45) is 0. The molecule has 0 aliphatic heterocycles. The normalized spacial score (nSPS) is 11.0. The average Bonchev–Trinajstić information content (AvgIpc) is 2.38. The van der Waals surface area contributed by atoms with Crippen LogP contribution >= 0.6 is 27.5 Å². The summed E-state index contributed by atoms with van der Waals surface area (Å²) < 4.78 is 0.921. The van der Waals surface area contributed by atoms with Gasteiger partial charge >= 0.3 is 0 Å². The maximum Gasteiger partial charge on any atom is 0.161 e. The Morgan fingerprint density at radius 2 is 1.70 bits per heavy atom. The van der Waals surface area contributed by atoms with Gasteiger partial charge in [0.1, 0.15) is 5.15 Å². The second-order valence-corrected chi connectivity index (χ2v) is 6.06. The zero-order chi connectivity index (χ0) is 14.3. The third-order valence-corrected chi connectivity index (χ3v) is 4.04. The van der Waals surface area contributed by atoms with Crippen molar-refractivity contribution in [2.75, 3.05) is 0 Å². The molecule has 1 aromatic heterocycles. The van der Waals surface area contributed by atoms with Crippen molar-refractivity contribution in [2.24, 2.45) is 0 Å². The standard InChI is InChI=1S/C16H12BrClN2/c1-9-6-10(2)8-11(7-9)16-19-14-12(15(18)20-16)4-3-5-13(14)17/h3-8H,1-2H3. The number of hydrogen-bond acceptors (Lipinski definition) is 2. The Bertz CT molecular complexity index is 795. The van der Waals surface area contributed by atoms with Gasteiger partial charge < -0.3 is 0 Å². The van der Waals surface area contributed by atoms with Crippen LogP contribution in [0.5, 0.6) is 0 Å². The highest BCUT2D eigenvalue weighted by Crippen LogP contribution is 2.29. The van der Waals surface area contributed by atoms with Crippen LogP contribution in [0, 0.1) is 13.8 Å². The minimum atomic E-state index is 0.477. The van der Waals surface area contributed by atoms with E-state index in [0.29, 0.717) is 11.0 Å². The Morgan fingerprint density at radius 1 is 1.00 bits per heavy atom. The molecule has 0 aliphatic carbocycles. The fourth-order valence-corrected chi connectivity index (χ4v) is 3.00. The first-order valence-corrected chi connectivity index (χ1v) is 7.42. The third kappa shape index (κ3) is 2.43. The van der Waals surface area contributed by atoms with E-state index in [2.05, 4.69) is 57.9 Å². The van der Waals surface area contributed by atoms with Crippen LogP contribution in [-0.4, -0.2) is 9.97 Å². The third-order valence-electron chi connectivity index (χ3n) is 3.11. The first-order valence-electron chi connectivity index (χ1n) is 6.25. The highest BCUT2D eigenvalue weighted by Gasteiger charge is 2.10. The van der Waals surface area contributed by atoms with Crippen molar-refractivity contribution < 1.29 is 0 Å². The number of rotatable bonds is 1. The van der Waals surface area contributed by atoms with Gasteiger partial charge in [-0.1, -0.05) is 34.9 Å². The van der Waals surface area contributed by atoms with E-state index in [1.54, 1.807) is 0 Å². The lowest BCUT2D eigenvalue weighted by atomic mass is 10.1. The molecule has 0 amide bonds. The van der Waals surface area contributed by atoms with Crippen molar-refractivity contribution in [1.29, 1.82) is 0 Å². The number of halogens is 2. The van der Waals surface area contributed by atoms with Crippen LogP contribution in [0.1, 0.15) is 11.1 Å². The lowest BCUT2D eigenvalue weighted by molar-refractivity contribution is 1.21. The molecular formula is C16H12BrClN2. The lowest BCUT2D eigenvalue weighted by Crippen LogP contribution is -1.93. The van der Waals surface area contributed by atoms with Crippen LogP contribution in [0.15, 0.2) is 40.9 Å². The van der Waals surface area contributed by atoms with Gasteiger partial charge in [0, 0.05) is 15.4 Å². The SMILES string of the molecule is Cc1cc(C)cc(-c2nc(Cl)c3cccc(Br)c3n2)c1. The lowest BCUT2D eigenvalue weighted by Gasteiger charge is -2.07. The van der Waals surface area contributed by atoms with Crippen LogP contribution in [0.2, 0.25) is 5.15 Å². The van der Waals surface area contributed by atoms with Gasteiger partial charge in [-0.05, 0) is 54.0 Å². The fraction of sp³-hybridized carbons (Fsp3) is 0.125. The summed E-state index contributed by atoms with van der Waals surface area (Å²) in [4.78, 5) is 9.07. The first kappa shape index (κ1) is 13.5. The van der Waals surface area contributed by atoms with Gasteiger partial charge in [-0.3, -0.25) is 0 Å². The molecule has 4 heteroatoms. The van der Waals surface area contributed by atoms with Gasteiger partial charge in [0.2, 0.25) is 0 Å². The van der Waals surface area contributed by atoms with Crippen LogP contribution < -0.4 is 0 Å². The predicted molar refractivity (Wildman–Crippen MR) is 87.2 cm³/mol. The summed E-state index contributed by atoms with van der Waals surface area (Å²) in [7, 11) is 0. The molecule has 0 bridgehead atoms. The van der Waals surface area contributed by atoms with Gasteiger partial charge in [0.25, 0.3) is 0 Å². The largest absolute Gasteiger partial charge is 0.227 e. The Kier molecular flexibility index (Phi) is 3.48. The molecule has 0 saturated heterocycles. The molecule has 1 heterocycles. The molecule has 0 unspecified atom stereocenters. The summed E-state index contributed by atoms with van der Waals surface area (Å²) in [5.41, 5.74) is 4.20. The predicted octanol–water partition coefficient (Wildman–Crippen LogP) is 5.33. The van der Waals surface area contributed by atoms with E-state index in [-0.39, 0.29) is 0 Å². The Balaban J connectivity index is 2.29. The molecule has 0 saturated carbocycles. The van der Waals surface area contributed by atoms with Gasteiger partial charge in [0.15, 0.2) is 5.82 Å². The minimum absolute atomic E-state index is 0.477. The van der Waals surface area contributed by atoms with Crippen molar-refractivity contribution in [3.63, 3.8) is 0 Å². The molecule has 3 aromatic rings. The summed E-state index contributed by atoms with van der Waals surface area (Å²) in [6.45, 7) is 4.13. The molecule has 2 nitrogen and oxygen atoms in total. The van der Waals surface area contributed by atoms with Crippen molar-refractivity contribution in [3.8, 4) is 11.4 Å². The van der Waals surface area contributed by atoms with Crippen LogP contribution in [0.3, 0.4) is 0 Å². The quantitative estimate of drug-likeness (QED) is 0.556. The molecule has 2 aromatic carbocycles. The Labute approximate surface area is 131 Å². The highest BCUT2D eigenvalue weighted by atomic mass is 79.9. The van der Waals surface area contributed by atoms with E-state index in [0.717, 1.165) is 20.9 Å². The summed E-state index contributed by atoms with van der Waals surface area (Å²) in [6, 6.07) is 12.1. The second-order valence-electron chi connectivity index (χ2n) is 4.85. The zero-order valence-electron chi connectivity index (χ0n) is 11.1. The van der Waals surface area contributed by atoms with E-state index in [9.17, 15) is 0 Å². The van der Waals surface area contributed by atoms with Gasteiger partial charge in [-0.15, -0.1) is 0 Å². The fourth-order valence-electron chi connectivity index (χ4n) is 2.31. The monoisotopic (exact) mass is 346 g/mol. The van der Waals surface area contributed by atoms with Crippen LogP contribution in [-0.2, 0) is 0 Å². The van der Waals surface area contributed by atoms with Crippen LogP contribution in [0.25, 0.3) is 22.3 Å². The summed E-state index contributed by atoms with van der Waals surface area (Å²) >= 11 is 9.81. The molecular weight excluding hydrogens is 336 g/mol. The number of fused-ring (bicyclic) bond motifs is 1. The molecule has 0 fully saturated rings. The average molecular weight is 348 g/mol. The maximum atomic E-state index is 6.29. The molecule has 0 radical (unpaired) electrons. The minimum Gasteiger partial charge on any atom is -0.227 e. The van der Waals surface area contributed by atoms with Gasteiger partial charge in [0.05, 0.1) is 5.52 Å². The van der Waals surface area contributed by atoms with E-state index < -0.39 is 0 Å². The topological polar surface area (TPSA) is 25.8 Å². The number of nitrogens with zero attached hydrogens (tertiary/aromatic N) is 2. The first-order chi connectivity index (χ1) is 9.54. The molecule has 0 atom stereocenters. The van der Waals surface area contributed by atoms with Gasteiger partial charge in [-0.25, -0.2) is 9.97 Å². The second kappa shape index (κ2) is 5.15. The van der Waals surface area contributed by atoms with Crippen LogP contribution in [0.4, 0.5) is 0 Å². The molecule has 100 valence electrons. The smallest absolute Gasteiger partial charge is 0.161 e. The molecule has 0 N–H and O–H groups in total. The molecule has 3 rings (SSSR count). The van der Waals surface area contributed by atoms with E-state index in [1.165, 1.54) is 11.1 Å². The van der Waals surface area contributed by atoms with Crippen molar-refractivity contribution in [3.05, 3.63) is 57.2 Å². The molecule has 0 spiro atoms. The van der Waals surface area contributed by atoms with E-state index in [1.807, 2.05) is 18.2 Å². The number of aromatic nitrogens is 2. The highest BCUT2D eigenvalue weighted by molar-refractivity contribution is 9.10. The number of benzene rings is 2.